The lowest BCUT2D eigenvalue weighted by molar-refractivity contribution is -0.120. The molecule has 0 N–H and O–H groups in total. The highest BCUT2D eigenvalue weighted by Crippen LogP contribution is 2.37. The lowest BCUT2D eigenvalue weighted by Gasteiger charge is -2.27. The number of ketones is 1. The Balaban J connectivity index is 2.40. The molecule has 0 bridgehead atoms. The van der Waals surface area contributed by atoms with Crippen LogP contribution < -0.4 is 4.90 Å². The summed E-state index contributed by atoms with van der Waals surface area (Å²) in [6.45, 7) is 0.347. The first kappa shape index (κ1) is 14.4. The summed E-state index contributed by atoms with van der Waals surface area (Å²) in [5, 5.41) is 0. The Morgan fingerprint density at radius 2 is 2.05 bits per heavy atom. The molecule has 19 heavy (non-hydrogen) atoms. The summed E-state index contributed by atoms with van der Waals surface area (Å²) in [7, 11) is 0. The number of Topliss-reactive ketones (excluding diaryl/α,β-unsaturated/α-hetero) is 1. The van der Waals surface area contributed by atoms with Gasteiger partial charge in [0.2, 0.25) is 0 Å². The van der Waals surface area contributed by atoms with Crippen LogP contribution in [0.3, 0.4) is 0 Å². The summed E-state index contributed by atoms with van der Waals surface area (Å²) in [6, 6.07) is 4.70. The Morgan fingerprint density at radius 3 is 2.53 bits per heavy atom. The Kier molecular flexibility index (Phi) is 3.90. The molecule has 0 radical (unpaired) electrons. The lowest BCUT2D eigenvalue weighted by Crippen LogP contribution is -2.36. The van der Waals surface area contributed by atoms with Crippen molar-refractivity contribution >= 4 is 27.4 Å². The molecule has 6 heteroatoms. The number of carbonyl (C=O) groups is 1. The minimum Gasteiger partial charge on any atom is -0.359 e. The Morgan fingerprint density at radius 1 is 1.42 bits per heavy atom. The van der Waals surface area contributed by atoms with E-state index in [0.717, 1.165) is 12.8 Å². The third-order valence-corrected chi connectivity index (χ3v) is 3.48. The normalized spacial score (nSPS) is 15.4. The molecule has 2 nitrogen and oxygen atoms in total. The summed E-state index contributed by atoms with van der Waals surface area (Å²) in [6.07, 6.45) is -2.81. The van der Waals surface area contributed by atoms with E-state index in [0.29, 0.717) is 15.7 Å². The number of halogens is 4. The Bertz CT molecular complexity index is 497. The first-order valence-electron chi connectivity index (χ1n) is 5.92. The van der Waals surface area contributed by atoms with Crippen LogP contribution in [0.2, 0.25) is 0 Å². The third kappa shape index (κ3) is 3.72. The van der Waals surface area contributed by atoms with Crippen LogP contribution >= 0.6 is 15.9 Å². The maximum Gasteiger partial charge on any atom is 0.405 e. The molecule has 0 spiro atoms. The summed E-state index contributed by atoms with van der Waals surface area (Å²) in [5.41, 5.74) is 0.695. The predicted octanol–water partition coefficient (Wildman–Crippen LogP) is 4.18. The summed E-state index contributed by atoms with van der Waals surface area (Å²) < 4.78 is 38.7. The smallest absolute Gasteiger partial charge is 0.359 e. The van der Waals surface area contributed by atoms with Gasteiger partial charge in [-0.05, 0) is 38.0 Å². The fourth-order valence-electron chi connectivity index (χ4n) is 2.03. The Hall–Kier alpha value is -1.04. The molecule has 104 valence electrons. The van der Waals surface area contributed by atoms with Crippen molar-refractivity contribution in [2.45, 2.75) is 32.0 Å². The topological polar surface area (TPSA) is 20.3 Å². The van der Waals surface area contributed by atoms with Crippen molar-refractivity contribution < 1.29 is 18.0 Å². The van der Waals surface area contributed by atoms with E-state index in [-0.39, 0.29) is 11.8 Å². The van der Waals surface area contributed by atoms with Gasteiger partial charge in [-0.2, -0.15) is 13.2 Å². The molecule has 0 heterocycles. The van der Waals surface area contributed by atoms with Crippen LogP contribution in [0, 0.1) is 0 Å². The number of benzene rings is 1. The van der Waals surface area contributed by atoms with E-state index in [1.54, 1.807) is 18.2 Å². The van der Waals surface area contributed by atoms with Gasteiger partial charge in [0.15, 0.2) is 5.78 Å². The number of hydrogen-bond acceptors (Lipinski definition) is 2. The van der Waals surface area contributed by atoms with Gasteiger partial charge >= 0.3 is 6.18 Å². The van der Waals surface area contributed by atoms with Crippen molar-refractivity contribution in [3.05, 3.63) is 28.2 Å². The fraction of sp³-hybridized carbons (Fsp3) is 0.462. The highest BCUT2D eigenvalue weighted by molar-refractivity contribution is 9.10. The molecule has 1 aromatic carbocycles. The van der Waals surface area contributed by atoms with Crippen LogP contribution in [0.25, 0.3) is 0 Å². The number of nitrogens with zero attached hydrogens (tertiary/aromatic N) is 1. The SMILES string of the molecule is CC(=O)c1ccc(Br)cc1N(CC(F)(F)F)C1CC1. The number of carbonyl (C=O) groups excluding carboxylic acids is 1. The zero-order valence-electron chi connectivity index (χ0n) is 10.3. The van der Waals surface area contributed by atoms with Crippen molar-refractivity contribution in [1.29, 1.82) is 0 Å². The molecule has 0 atom stereocenters. The van der Waals surface area contributed by atoms with E-state index < -0.39 is 12.7 Å². The molecular weight excluding hydrogens is 323 g/mol. The first-order valence-corrected chi connectivity index (χ1v) is 6.71. The summed E-state index contributed by atoms with van der Waals surface area (Å²) in [5.74, 6) is -0.227. The Labute approximate surface area is 117 Å². The van der Waals surface area contributed by atoms with Gasteiger partial charge in [0.25, 0.3) is 0 Å². The van der Waals surface area contributed by atoms with Crippen LogP contribution in [0.15, 0.2) is 22.7 Å². The van der Waals surface area contributed by atoms with Crippen molar-refractivity contribution in [1.82, 2.24) is 0 Å². The zero-order valence-corrected chi connectivity index (χ0v) is 11.9. The minimum atomic E-state index is -4.28. The van der Waals surface area contributed by atoms with Gasteiger partial charge in [0.05, 0.1) is 0 Å². The minimum absolute atomic E-state index is 0.117. The first-order chi connectivity index (χ1) is 8.78. The van der Waals surface area contributed by atoms with Gasteiger partial charge in [-0.1, -0.05) is 15.9 Å². The van der Waals surface area contributed by atoms with Crippen LogP contribution in [0.1, 0.15) is 30.1 Å². The predicted molar refractivity (Wildman–Crippen MR) is 70.6 cm³/mol. The van der Waals surface area contributed by atoms with E-state index >= 15 is 0 Å². The quantitative estimate of drug-likeness (QED) is 0.769. The number of alkyl halides is 3. The van der Waals surface area contributed by atoms with E-state index in [1.165, 1.54) is 11.8 Å². The second-order valence-electron chi connectivity index (χ2n) is 4.69. The maximum absolute atomic E-state index is 12.7. The van der Waals surface area contributed by atoms with Gasteiger partial charge in [0.1, 0.15) is 6.54 Å². The molecule has 0 saturated heterocycles. The molecule has 0 unspecified atom stereocenters. The summed E-state index contributed by atoms with van der Waals surface area (Å²) >= 11 is 3.24. The van der Waals surface area contributed by atoms with E-state index in [2.05, 4.69) is 15.9 Å². The van der Waals surface area contributed by atoms with Crippen molar-refractivity contribution in [3.63, 3.8) is 0 Å². The molecular formula is C13H13BrF3NO. The van der Waals surface area contributed by atoms with E-state index in [1.807, 2.05) is 0 Å². The van der Waals surface area contributed by atoms with E-state index in [9.17, 15) is 18.0 Å². The molecule has 1 fully saturated rings. The van der Waals surface area contributed by atoms with Crippen LogP contribution in [0.5, 0.6) is 0 Å². The van der Waals surface area contributed by atoms with Gasteiger partial charge in [-0.3, -0.25) is 4.79 Å². The average molecular weight is 336 g/mol. The third-order valence-electron chi connectivity index (χ3n) is 2.99. The number of rotatable bonds is 4. The molecule has 0 amide bonds. The highest BCUT2D eigenvalue weighted by Gasteiger charge is 2.39. The number of anilines is 1. The van der Waals surface area contributed by atoms with Crippen molar-refractivity contribution in [2.75, 3.05) is 11.4 Å². The molecule has 1 aromatic rings. The van der Waals surface area contributed by atoms with Crippen LogP contribution in [0.4, 0.5) is 18.9 Å². The second-order valence-corrected chi connectivity index (χ2v) is 5.61. The van der Waals surface area contributed by atoms with Gasteiger partial charge in [-0.25, -0.2) is 0 Å². The fourth-order valence-corrected chi connectivity index (χ4v) is 2.38. The second kappa shape index (κ2) is 5.15. The van der Waals surface area contributed by atoms with Crippen LogP contribution in [-0.4, -0.2) is 24.5 Å². The van der Waals surface area contributed by atoms with Gasteiger partial charge in [-0.15, -0.1) is 0 Å². The largest absolute Gasteiger partial charge is 0.405 e. The molecule has 1 aliphatic carbocycles. The molecule has 2 rings (SSSR count). The number of hydrogen-bond donors (Lipinski definition) is 0. The standard InChI is InChI=1S/C13H13BrF3NO/c1-8(19)11-5-2-9(14)6-12(11)18(10-3-4-10)7-13(15,16)17/h2,5-6,10H,3-4,7H2,1H3. The zero-order chi connectivity index (χ0) is 14.2. The van der Waals surface area contributed by atoms with Gasteiger partial charge in [0, 0.05) is 21.8 Å². The summed E-state index contributed by atoms with van der Waals surface area (Å²) in [4.78, 5) is 12.9. The monoisotopic (exact) mass is 335 g/mol. The van der Waals surface area contributed by atoms with Crippen molar-refractivity contribution in [2.24, 2.45) is 0 Å². The van der Waals surface area contributed by atoms with E-state index in [4.69, 9.17) is 0 Å². The van der Waals surface area contributed by atoms with Crippen molar-refractivity contribution in [3.8, 4) is 0 Å². The maximum atomic E-state index is 12.7. The molecule has 0 aliphatic heterocycles. The highest BCUT2D eigenvalue weighted by atomic mass is 79.9. The average Bonchev–Trinajstić information content (AvgIpc) is 3.07. The molecule has 1 saturated carbocycles. The van der Waals surface area contributed by atoms with Crippen LogP contribution in [-0.2, 0) is 0 Å². The molecule has 1 aliphatic rings. The molecule has 0 aromatic heterocycles. The lowest BCUT2D eigenvalue weighted by atomic mass is 10.1. The van der Waals surface area contributed by atoms with Gasteiger partial charge < -0.3 is 4.90 Å².